The number of sulfonamides is 1. The van der Waals surface area contributed by atoms with Crippen molar-refractivity contribution >= 4 is 27.5 Å². The number of hydrogen-bond donors (Lipinski definition) is 0. The number of fused-ring (bicyclic) bond motifs is 1. The Bertz CT molecular complexity index is 1300. The molecule has 1 atom stereocenters. The fourth-order valence-electron chi connectivity index (χ4n) is 4.44. The summed E-state index contributed by atoms with van der Waals surface area (Å²) in [5.41, 5.74) is 3.42. The van der Waals surface area contributed by atoms with Crippen molar-refractivity contribution in [3.63, 3.8) is 0 Å². The summed E-state index contributed by atoms with van der Waals surface area (Å²) in [4.78, 5) is 25.2. The number of rotatable bonds is 4. The number of amides is 2. The minimum absolute atomic E-state index is 0.123. The van der Waals surface area contributed by atoms with E-state index in [1.807, 2.05) is 37.5 Å². The van der Waals surface area contributed by atoms with E-state index in [0.717, 1.165) is 21.6 Å². The van der Waals surface area contributed by atoms with Crippen molar-refractivity contribution in [1.82, 2.24) is 14.1 Å². The molecule has 2 aliphatic heterocycles. The van der Waals surface area contributed by atoms with Crippen molar-refractivity contribution in [2.45, 2.75) is 30.2 Å². The van der Waals surface area contributed by atoms with Crippen molar-refractivity contribution in [2.24, 2.45) is 7.05 Å². The van der Waals surface area contributed by atoms with E-state index in [-0.39, 0.29) is 42.0 Å². The van der Waals surface area contributed by atoms with Gasteiger partial charge in [0, 0.05) is 45.1 Å². The number of carbonyl (C=O) groups is 2. The third-order valence-corrected chi connectivity index (χ3v) is 7.90. The Morgan fingerprint density at radius 2 is 1.66 bits per heavy atom. The molecule has 0 N–H and O–H groups in total. The predicted molar refractivity (Wildman–Crippen MR) is 117 cm³/mol. The molecule has 32 heavy (non-hydrogen) atoms. The lowest BCUT2D eigenvalue weighted by Crippen LogP contribution is -2.38. The number of aryl methyl sites for hydroxylation is 1. The zero-order valence-electron chi connectivity index (χ0n) is 17.5. The second-order valence-corrected chi connectivity index (χ2v) is 10.1. The van der Waals surface area contributed by atoms with Gasteiger partial charge in [0.25, 0.3) is 0 Å². The smallest absolute Gasteiger partial charge is 0.243 e. The average Bonchev–Trinajstić information content (AvgIpc) is 3.37. The Labute approximate surface area is 186 Å². The number of imide groups is 1. The minimum Gasteiger partial charge on any atom is -0.276 e. The number of hydrogen-bond acceptors (Lipinski definition) is 5. The molecule has 0 saturated carbocycles. The van der Waals surface area contributed by atoms with Gasteiger partial charge in [-0.15, -0.1) is 0 Å². The Kier molecular flexibility index (Phi) is 4.94. The summed E-state index contributed by atoms with van der Waals surface area (Å²) in [6.07, 6.45) is 4.05. The maximum Gasteiger partial charge on any atom is 0.243 e. The van der Waals surface area contributed by atoms with Crippen LogP contribution in [0.4, 0.5) is 5.69 Å². The van der Waals surface area contributed by atoms with Gasteiger partial charge < -0.3 is 0 Å². The lowest BCUT2D eigenvalue weighted by Gasteiger charge is -2.33. The number of anilines is 1. The fourth-order valence-corrected chi connectivity index (χ4v) is 5.88. The molecule has 5 rings (SSSR count). The normalized spacial score (nSPS) is 19.4. The summed E-state index contributed by atoms with van der Waals surface area (Å²) in [7, 11) is -1.95. The van der Waals surface area contributed by atoms with Gasteiger partial charge in [-0.05, 0) is 41.0 Å². The minimum atomic E-state index is -3.79. The van der Waals surface area contributed by atoms with Crippen LogP contribution < -0.4 is 4.90 Å². The molecule has 8 nitrogen and oxygen atoms in total. The van der Waals surface area contributed by atoms with Crippen LogP contribution in [0.1, 0.15) is 35.4 Å². The summed E-state index contributed by atoms with van der Waals surface area (Å²) in [6.45, 7) is 0.579. The molecule has 0 bridgehead atoms. The molecule has 1 aromatic heterocycles. The van der Waals surface area contributed by atoms with Crippen LogP contribution in [0.3, 0.4) is 0 Å². The molecule has 3 aromatic rings. The quantitative estimate of drug-likeness (QED) is 0.569. The van der Waals surface area contributed by atoms with E-state index >= 15 is 0 Å². The molecule has 0 aliphatic carbocycles. The molecule has 1 unspecified atom stereocenters. The van der Waals surface area contributed by atoms with Gasteiger partial charge in [-0.3, -0.25) is 19.2 Å². The molecule has 1 fully saturated rings. The summed E-state index contributed by atoms with van der Waals surface area (Å²) in [6, 6.07) is 13.8. The molecule has 2 amide bonds. The van der Waals surface area contributed by atoms with Gasteiger partial charge in [-0.1, -0.05) is 24.3 Å². The van der Waals surface area contributed by atoms with Crippen LogP contribution in [-0.2, 0) is 33.2 Å². The van der Waals surface area contributed by atoms with Crippen LogP contribution in [0.15, 0.2) is 65.8 Å². The van der Waals surface area contributed by atoms with Crippen molar-refractivity contribution < 1.29 is 18.0 Å². The van der Waals surface area contributed by atoms with E-state index in [4.69, 9.17) is 0 Å². The number of nitrogens with zero attached hydrogens (tertiary/aromatic N) is 4. The van der Waals surface area contributed by atoms with Gasteiger partial charge in [0.2, 0.25) is 21.8 Å². The summed E-state index contributed by atoms with van der Waals surface area (Å²) < 4.78 is 30.2. The molecule has 164 valence electrons. The number of carbonyl (C=O) groups excluding carboxylic acids is 2. The predicted octanol–water partition coefficient (Wildman–Crippen LogP) is 2.41. The van der Waals surface area contributed by atoms with Crippen LogP contribution in [0.5, 0.6) is 0 Å². The monoisotopic (exact) mass is 450 g/mol. The maximum atomic E-state index is 13.5. The highest BCUT2D eigenvalue weighted by atomic mass is 32.2. The van der Waals surface area contributed by atoms with E-state index < -0.39 is 10.0 Å². The first-order chi connectivity index (χ1) is 15.3. The van der Waals surface area contributed by atoms with Crippen LogP contribution in [0.2, 0.25) is 0 Å². The van der Waals surface area contributed by atoms with Crippen molar-refractivity contribution in [3.05, 3.63) is 77.6 Å². The second-order valence-electron chi connectivity index (χ2n) is 8.11. The molecule has 9 heteroatoms. The van der Waals surface area contributed by atoms with Crippen molar-refractivity contribution in [3.8, 4) is 0 Å². The summed E-state index contributed by atoms with van der Waals surface area (Å²) in [5.74, 6) is -0.655. The zero-order chi connectivity index (χ0) is 22.5. The molecular formula is C23H22N4O4S. The van der Waals surface area contributed by atoms with E-state index in [1.54, 1.807) is 10.9 Å². The van der Waals surface area contributed by atoms with Crippen molar-refractivity contribution in [2.75, 3.05) is 11.4 Å². The first-order valence-corrected chi connectivity index (χ1v) is 11.8. The first kappa shape index (κ1) is 20.6. The van der Waals surface area contributed by atoms with Gasteiger partial charge in [-0.2, -0.15) is 9.40 Å². The van der Waals surface area contributed by atoms with Crippen LogP contribution in [0, 0.1) is 0 Å². The van der Waals surface area contributed by atoms with Crippen molar-refractivity contribution in [1.29, 1.82) is 0 Å². The molecule has 2 aliphatic rings. The molecule has 1 saturated heterocycles. The molecule has 2 aromatic carbocycles. The Morgan fingerprint density at radius 3 is 2.31 bits per heavy atom. The third-order valence-electron chi connectivity index (χ3n) is 6.07. The Balaban J connectivity index is 1.47. The van der Waals surface area contributed by atoms with Crippen LogP contribution in [-0.4, -0.2) is 40.9 Å². The van der Waals surface area contributed by atoms with Gasteiger partial charge in [0.05, 0.1) is 16.8 Å². The topological polar surface area (TPSA) is 92.6 Å². The summed E-state index contributed by atoms with van der Waals surface area (Å²) in [5, 5.41) is 4.26. The largest absolute Gasteiger partial charge is 0.276 e. The van der Waals surface area contributed by atoms with Crippen LogP contribution >= 0.6 is 0 Å². The molecule has 3 heterocycles. The first-order valence-electron chi connectivity index (χ1n) is 10.4. The van der Waals surface area contributed by atoms with E-state index in [9.17, 15) is 18.0 Å². The summed E-state index contributed by atoms with van der Waals surface area (Å²) >= 11 is 0. The van der Waals surface area contributed by atoms with E-state index in [1.165, 1.54) is 28.6 Å². The lowest BCUT2D eigenvalue weighted by atomic mass is 9.87. The molecular weight excluding hydrogens is 428 g/mol. The van der Waals surface area contributed by atoms with Gasteiger partial charge in [0.1, 0.15) is 0 Å². The Morgan fingerprint density at radius 1 is 0.969 bits per heavy atom. The van der Waals surface area contributed by atoms with E-state index in [2.05, 4.69) is 5.10 Å². The van der Waals surface area contributed by atoms with Gasteiger partial charge in [-0.25, -0.2) is 8.42 Å². The number of benzene rings is 2. The fraction of sp³-hybridized carbons (Fsp3) is 0.261. The van der Waals surface area contributed by atoms with Gasteiger partial charge in [0.15, 0.2) is 0 Å². The molecule has 0 spiro atoms. The highest BCUT2D eigenvalue weighted by molar-refractivity contribution is 7.89. The average molecular weight is 451 g/mol. The zero-order valence-corrected chi connectivity index (χ0v) is 18.3. The highest BCUT2D eigenvalue weighted by Crippen LogP contribution is 2.36. The highest BCUT2D eigenvalue weighted by Gasteiger charge is 2.35. The number of aromatic nitrogens is 2. The van der Waals surface area contributed by atoms with Crippen LogP contribution in [0.25, 0.3) is 0 Å². The van der Waals surface area contributed by atoms with E-state index in [0.29, 0.717) is 12.2 Å². The standard InChI is InChI=1S/C23H22N4O4S/c1-25-13-17(12-24-25)21-15-26(14-16-4-2-3-5-20(16)21)32(30,31)19-8-6-18(7-9-19)27-22(28)10-11-23(27)29/h2-9,12-13,21H,10-11,14-15H2,1H3. The third kappa shape index (κ3) is 3.43. The SMILES string of the molecule is Cn1cc(C2CN(S(=O)(=O)c3ccc(N4C(=O)CCC4=O)cc3)Cc3ccccc32)cn1. The second kappa shape index (κ2) is 7.68. The maximum absolute atomic E-state index is 13.5. The van der Waals surface area contributed by atoms with Gasteiger partial charge >= 0.3 is 0 Å². The Hall–Kier alpha value is -3.30. The lowest BCUT2D eigenvalue weighted by molar-refractivity contribution is -0.121. The molecule has 0 radical (unpaired) electrons.